The molecule has 0 spiro atoms. The summed E-state index contributed by atoms with van der Waals surface area (Å²) in [6, 6.07) is -0.209. The molecule has 0 radical (unpaired) electrons. The first-order chi connectivity index (χ1) is 9.49. The average Bonchev–Trinajstić information content (AvgIpc) is 2.60. The van der Waals surface area contributed by atoms with Crippen molar-refractivity contribution < 1.29 is 19.5 Å². The summed E-state index contributed by atoms with van der Waals surface area (Å²) in [5.74, 6) is -1.41. The summed E-state index contributed by atoms with van der Waals surface area (Å²) in [6.07, 6.45) is 2.06. The van der Waals surface area contributed by atoms with Crippen molar-refractivity contribution in [1.82, 2.24) is 14.7 Å². The second-order valence-electron chi connectivity index (χ2n) is 5.50. The van der Waals surface area contributed by atoms with Crippen molar-refractivity contribution in [1.29, 1.82) is 0 Å². The van der Waals surface area contributed by atoms with Crippen LogP contribution in [0.1, 0.15) is 19.3 Å². The Morgan fingerprint density at radius 3 is 2.55 bits per heavy atom. The van der Waals surface area contributed by atoms with E-state index in [9.17, 15) is 14.4 Å². The van der Waals surface area contributed by atoms with Gasteiger partial charge in [0.15, 0.2) is 0 Å². The lowest BCUT2D eigenvalue weighted by Crippen LogP contribution is -2.50. The van der Waals surface area contributed by atoms with Crippen LogP contribution in [0.3, 0.4) is 0 Å². The molecule has 2 saturated heterocycles. The standard InChI is InChI=1S/C13H21N3O4/c1-14-5-3-7-16(9-11(14)17)13(20)15-6-2-4-10(8-15)12(18)19/h10H,2-9H2,1H3,(H,18,19). The third-order valence-corrected chi connectivity index (χ3v) is 3.99. The Morgan fingerprint density at radius 2 is 1.85 bits per heavy atom. The summed E-state index contributed by atoms with van der Waals surface area (Å²) in [6.45, 7) is 2.10. The van der Waals surface area contributed by atoms with Crippen LogP contribution < -0.4 is 0 Å². The van der Waals surface area contributed by atoms with Crippen molar-refractivity contribution in [2.24, 2.45) is 5.92 Å². The van der Waals surface area contributed by atoms with Crippen molar-refractivity contribution in [3.63, 3.8) is 0 Å². The Labute approximate surface area is 118 Å². The lowest BCUT2D eigenvalue weighted by Gasteiger charge is -2.34. The quantitative estimate of drug-likeness (QED) is 0.738. The van der Waals surface area contributed by atoms with E-state index in [2.05, 4.69) is 0 Å². The highest BCUT2D eigenvalue weighted by molar-refractivity contribution is 5.84. The SMILES string of the molecule is CN1CCCN(C(=O)N2CCCC(C(=O)O)C2)CC1=O. The number of likely N-dealkylation sites (N-methyl/N-ethyl adjacent to an activating group) is 1. The van der Waals surface area contributed by atoms with Crippen LogP contribution in [-0.2, 0) is 9.59 Å². The van der Waals surface area contributed by atoms with E-state index in [1.54, 1.807) is 16.8 Å². The number of hydrogen-bond donors (Lipinski definition) is 1. The molecular weight excluding hydrogens is 262 g/mol. The normalized spacial score (nSPS) is 24.6. The minimum atomic E-state index is -0.853. The number of aliphatic carboxylic acids is 1. The minimum Gasteiger partial charge on any atom is -0.481 e. The maximum absolute atomic E-state index is 12.4. The number of piperidine rings is 1. The molecule has 2 heterocycles. The zero-order valence-corrected chi connectivity index (χ0v) is 11.7. The Kier molecular flexibility index (Phi) is 4.46. The second-order valence-corrected chi connectivity index (χ2v) is 5.50. The largest absolute Gasteiger partial charge is 0.481 e. The molecule has 20 heavy (non-hydrogen) atoms. The van der Waals surface area contributed by atoms with E-state index >= 15 is 0 Å². The fourth-order valence-electron chi connectivity index (χ4n) is 2.70. The van der Waals surface area contributed by atoms with Gasteiger partial charge in [-0.05, 0) is 19.3 Å². The molecule has 0 aliphatic carbocycles. The zero-order chi connectivity index (χ0) is 14.7. The summed E-state index contributed by atoms with van der Waals surface area (Å²) in [7, 11) is 1.73. The highest BCUT2D eigenvalue weighted by Crippen LogP contribution is 2.18. The number of carboxylic acids is 1. The van der Waals surface area contributed by atoms with E-state index < -0.39 is 11.9 Å². The number of carbonyl (C=O) groups excluding carboxylic acids is 2. The molecule has 2 fully saturated rings. The van der Waals surface area contributed by atoms with Crippen molar-refractivity contribution in [3.8, 4) is 0 Å². The number of hydrogen-bond acceptors (Lipinski definition) is 3. The molecule has 2 aliphatic rings. The summed E-state index contributed by atoms with van der Waals surface area (Å²) >= 11 is 0. The van der Waals surface area contributed by atoms with Crippen molar-refractivity contribution >= 4 is 17.9 Å². The van der Waals surface area contributed by atoms with Crippen molar-refractivity contribution in [2.75, 3.05) is 39.8 Å². The molecular formula is C13H21N3O4. The Bertz CT molecular complexity index is 412. The average molecular weight is 283 g/mol. The molecule has 0 bridgehead atoms. The molecule has 7 heteroatoms. The topological polar surface area (TPSA) is 81.2 Å². The summed E-state index contributed by atoms with van der Waals surface area (Å²) in [5, 5.41) is 9.06. The Morgan fingerprint density at radius 1 is 1.15 bits per heavy atom. The van der Waals surface area contributed by atoms with Gasteiger partial charge in [0, 0.05) is 33.2 Å². The van der Waals surface area contributed by atoms with Gasteiger partial charge in [0.2, 0.25) is 5.91 Å². The third-order valence-electron chi connectivity index (χ3n) is 3.99. The first-order valence-corrected chi connectivity index (χ1v) is 6.99. The van der Waals surface area contributed by atoms with E-state index in [-0.39, 0.29) is 25.0 Å². The van der Waals surface area contributed by atoms with Gasteiger partial charge in [0.25, 0.3) is 0 Å². The van der Waals surface area contributed by atoms with E-state index in [4.69, 9.17) is 5.11 Å². The number of rotatable bonds is 1. The van der Waals surface area contributed by atoms with Gasteiger partial charge in [-0.15, -0.1) is 0 Å². The van der Waals surface area contributed by atoms with E-state index in [1.165, 1.54) is 4.90 Å². The predicted molar refractivity (Wildman–Crippen MR) is 71.2 cm³/mol. The summed E-state index contributed by atoms with van der Waals surface area (Å²) in [5.41, 5.74) is 0. The summed E-state index contributed by atoms with van der Waals surface area (Å²) < 4.78 is 0. The van der Waals surface area contributed by atoms with E-state index in [0.717, 1.165) is 6.42 Å². The maximum atomic E-state index is 12.4. The molecule has 2 aliphatic heterocycles. The lowest BCUT2D eigenvalue weighted by molar-refractivity contribution is -0.143. The fourth-order valence-corrected chi connectivity index (χ4v) is 2.70. The van der Waals surface area contributed by atoms with Gasteiger partial charge in [-0.1, -0.05) is 0 Å². The molecule has 7 nitrogen and oxygen atoms in total. The molecule has 0 saturated carbocycles. The molecule has 3 amide bonds. The van der Waals surface area contributed by atoms with Gasteiger partial charge < -0.3 is 19.8 Å². The second kappa shape index (κ2) is 6.11. The fraction of sp³-hybridized carbons (Fsp3) is 0.769. The molecule has 0 aromatic heterocycles. The van der Waals surface area contributed by atoms with Crippen LogP contribution in [0, 0.1) is 5.92 Å². The minimum absolute atomic E-state index is 0.0670. The Balaban J connectivity index is 1.99. The van der Waals surface area contributed by atoms with Gasteiger partial charge in [-0.3, -0.25) is 9.59 Å². The number of carboxylic acid groups (broad SMARTS) is 1. The van der Waals surface area contributed by atoms with Crippen LogP contribution in [0.15, 0.2) is 0 Å². The van der Waals surface area contributed by atoms with Crippen LogP contribution in [-0.4, -0.2) is 77.5 Å². The Hall–Kier alpha value is -1.79. The highest BCUT2D eigenvalue weighted by Gasteiger charge is 2.32. The maximum Gasteiger partial charge on any atom is 0.320 e. The van der Waals surface area contributed by atoms with Crippen LogP contribution in [0.25, 0.3) is 0 Å². The van der Waals surface area contributed by atoms with Gasteiger partial charge in [0.1, 0.15) is 6.54 Å². The molecule has 2 rings (SSSR count). The molecule has 112 valence electrons. The number of carbonyl (C=O) groups is 3. The van der Waals surface area contributed by atoms with Gasteiger partial charge in [-0.25, -0.2) is 4.79 Å². The smallest absolute Gasteiger partial charge is 0.320 e. The third kappa shape index (κ3) is 3.20. The van der Waals surface area contributed by atoms with Crippen LogP contribution in [0.4, 0.5) is 4.79 Å². The zero-order valence-electron chi connectivity index (χ0n) is 11.7. The first-order valence-electron chi connectivity index (χ1n) is 6.99. The number of nitrogens with zero attached hydrogens (tertiary/aromatic N) is 3. The van der Waals surface area contributed by atoms with Gasteiger partial charge in [-0.2, -0.15) is 0 Å². The van der Waals surface area contributed by atoms with Crippen molar-refractivity contribution in [3.05, 3.63) is 0 Å². The van der Waals surface area contributed by atoms with Gasteiger partial charge >= 0.3 is 12.0 Å². The number of likely N-dealkylation sites (tertiary alicyclic amines) is 1. The highest BCUT2D eigenvalue weighted by atomic mass is 16.4. The van der Waals surface area contributed by atoms with Crippen LogP contribution >= 0.6 is 0 Å². The summed E-state index contributed by atoms with van der Waals surface area (Å²) in [4.78, 5) is 40.0. The molecule has 0 aromatic rings. The monoisotopic (exact) mass is 283 g/mol. The molecule has 1 N–H and O–H groups in total. The van der Waals surface area contributed by atoms with Crippen molar-refractivity contribution in [2.45, 2.75) is 19.3 Å². The van der Waals surface area contributed by atoms with E-state index in [1.807, 2.05) is 0 Å². The lowest BCUT2D eigenvalue weighted by atomic mass is 9.98. The molecule has 0 aromatic carbocycles. The molecule has 1 unspecified atom stereocenters. The van der Waals surface area contributed by atoms with Crippen LogP contribution in [0.5, 0.6) is 0 Å². The number of amides is 3. The van der Waals surface area contributed by atoms with Gasteiger partial charge in [0.05, 0.1) is 5.92 Å². The molecule has 1 atom stereocenters. The van der Waals surface area contributed by atoms with Crippen LogP contribution in [0.2, 0.25) is 0 Å². The first kappa shape index (κ1) is 14.6. The van der Waals surface area contributed by atoms with E-state index in [0.29, 0.717) is 32.5 Å². The predicted octanol–water partition coefficient (Wildman–Crippen LogP) is 0.0671. The number of urea groups is 1.